The number of aromatic nitrogens is 2. The molecule has 0 spiro atoms. The highest BCUT2D eigenvalue weighted by molar-refractivity contribution is 5.93. The zero-order valence-electron chi connectivity index (χ0n) is 15.5. The van der Waals surface area contributed by atoms with Crippen molar-refractivity contribution in [2.24, 2.45) is 5.73 Å². The summed E-state index contributed by atoms with van der Waals surface area (Å²) in [5.74, 6) is -0.0975. The maximum atomic E-state index is 13.0. The molecule has 6 nitrogen and oxygen atoms in total. The minimum Gasteiger partial charge on any atom is -0.336 e. The lowest BCUT2D eigenvalue weighted by molar-refractivity contribution is 0.0702. The smallest absolute Gasteiger partial charge is 0.274 e. The van der Waals surface area contributed by atoms with E-state index in [-0.39, 0.29) is 11.9 Å². The Balaban J connectivity index is 1.76. The number of piperidine rings is 1. The van der Waals surface area contributed by atoms with Gasteiger partial charge in [-0.1, -0.05) is 30.3 Å². The van der Waals surface area contributed by atoms with E-state index in [0.29, 0.717) is 24.3 Å². The average molecular weight is 371 g/mol. The number of amides is 1. The van der Waals surface area contributed by atoms with Gasteiger partial charge in [-0.25, -0.2) is 4.68 Å². The summed E-state index contributed by atoms with van der Waals surface area (Å²) in [6.07, 6.45) is 1.85. The Morgan fingerprint density at radius 2 is 1.89 bits per heavy atom. The molecule has 1 aromatic heterocycles. The van der Waals surface area contributed by atoms with Gasteiger partial charge < -0.3 is 10.6 Å². The molecule has 0 radical (unpaired) electrons. The first-order valence-corrected chi connectivity index (χ1v) is 9.36. The van der Waals surface area contributed by atoms with Gasteiger partial charge in [-0.05, 0) is 43.2 Å². The fourth-order valence-corrected chi connectivity index (χ4v) is 3.53. The number of hydrogen-bond donors (Lipinski definition) is 1. The van der Waals surface area contributed by atoms with E-state index in [1.165, 1.54) is 0 Å². The maximum Gasteiger partial charge on any atom is 0.274 e. The van der Waals surface area contributed by atoms with Crippen molar-refractivity contribution in [3.63, 3.8) is 0 Å². The van der Waals surface area contributed by atoms with Crippen LogP contribution in [-0.4, -0.2) is 39.7 Å². The van der Waals surface area contributed by atoms with Crippen LogP contribution in [0.5, 0.6) is 0 Å². The monoisotopic (exact) mass is 371 g/mol. The van der Waals surface area contributed by atoms with Crippen LogP contribution in [0.15, 0.2) is 60.7 Å². The topological polar surface area (TPSA) is 87.9 Å². The van der Waals surface area contributed by atoms with Gasteiger partial charge in [0.2, 0.25) is 0 Å². The van der Waals surface area contributed by atoms with Crippen molar-refractivity contribution in [2.75, 3.05) is 13.1 Å². The van der Waals surface area contributed by atoms with Gasteiger partial charge >= 0.3 is 0 Å². The highest BCUT2D eigenvalue weighted by Crippen LogP contribution is 2.25. The highest BCUT2D eigenvalue weighted by Gasteiger charge is 2.25. The standard InChI is InChI=1S/C22H21N5O/c23-14-16-8-10-17(11-9-16)21-13-20(22(28)26-12-4-5-18(24)15-26)25-27(21)19-6-2-1-3-7-19/h1-3,6-11,13,18H,4-5,12,15,24H2. The zero-order chi connectivity index (χ0) is 19.5. The van der Waals surface area contributed by atoms with Crippen LogP contribution in [0, 0.1) is 11.3 Å². The van der Waals surface area contributed by atoms with Crippen molar-refractivity contribution in [1.82, 2.24) is 14.7 Å². The number of likely N-dealkylation sites (tertiary alicyclic amines) is 1. The van der Waals surface area contributed by atoms with Gasteiger partial charge in [-0.3, -0.25) is 4.79 Å². The maximum absolute atomic E-state index is 13.0. The van der Waals surface area contributed by atoms with E-state index in [9.17, 15) is 4.79 Å². The number of nitrogens with two attached hydrogens (primary N) is 1. The highest BCUT2D eigenvalue weighted by atomic mass is 16.2. The lowest BCUT2D eigenvalue weighted by Gasteiger charge is -2.30. The number of para-hydroxylation sites is 1. The number of rotatable bonds is 3. The van der Waals surface area contributed by atoms with Gasteiger partial charge in [0.1, 0.15) is 0 Å². The molecule has 4 rings (SSSR count). The predicted octanol–water partition coefficient (Wildman–Crippen LogP) is 2.97. The van der Waals surface area contributed by atoms with Crippen molar-refractivity contribution in [3.05, 3.63) is 71.9 Å². The van der Waals surface area contributed by atoms with Gasteiger partial charge in [0.25, 0.3) is 5.91 Å². The molecule has 2 N–H and O–H groups in total. The zero-order valence-corrected chi connectivity index (χ0v) is 15.5. The molecule has 1 unspecified atom stereocenters. The minimum atomic E-state index is -0.0975. The second-order valence-electron chi connectivity index (χ2n) is 7.00. The van der Waals surface area contributed by atoms with Crippen LogP contribution in [-0.2, 0) is 0 Å². The molecule has 0 aliphatic carbocycles. The van der Waals surface area contributed by atoms with E-state index in [2.05, 4.69) is 11.2 Å². The van der Waals surface area contributed by atoms with E-state index in [0.717, 1.165) is 29.8 Å². The third-order valence-electron chi connectivity index (χ3n) is 4.98. The number of carbonyl (C=O) groups excluding carboxylic acids is 1. The molecule has 6 heteroatoms. The van der Waals surface area contributed by atoms with Crippen LogP contribution in [0.4, 0.5) is 0 Å². The molecule has 3 aromatic rings. The van der Waals surface area contributed by atoms with E-state index in [1.54, 1.807) is 21.7 Å². The number of nitrogens with zero attached hydrogens (tertiary/aromatic N) is 4. The van der Waals surface area contributed by atoms with Crippen molar-refractivity contribution in [2.45, 2.75) is 18.9 Å². The summed E-state index contributed by atoms with van der Waals surface area (Å²) in [6, 6.07) is 21.0. The second kappa shape index (κ2) is 7.67. The molecule has 1 aliphatic heterocycles. The summed E-state index contributed by atoms with van der Waals surface area (Å²) in [5, 5.41) is 13.7. The summed E-state index contributed by atoms with van der Waals surface area (Å²) in [4.78, 5) is 14.8. The SMILES string of the molecule is N#Cc1ccc(-c2cc(C(=O)N3CCCC(N)C3)nn2-c2ccccc2)cc1. The Kier molecular flexibility index (Phi) is 4.92. The van der Waals surface area contributed by atoms with Crippen molar-refractivity contribution < 1.29 is 4.79 Å². The van der Waals surface area contributed by atoms with E-state index < -0.39 is 0 Å². The fourth-order valence-electron chi connectivity index (χ4n) is 3.53. The number of nitriles is 1. The van der Waals surface area contributed by atoms with Crippen LogP contribution in [0.1, 0.15) is 28.9 Å². The van der Waals surface area contributed by atoms with E-state index in [1.807, 2.05) is 48.5 Å². The summed E-state index contributed by atoms with van der Waals surface area (Å²) in [5.41, 5.74) is 9.60. The molecule has 0 saturated carbocycles. The second-order valence-corrected chi connectivity index (χ2v) is 7.00. The molecule has 2 heterocycles. The molecule has 1 aliphatic rings. The Labute approximate surface area is 163 Å². The molecule has 1 fully saturated rings. The number of hydrogen-bond acceptors (Lipinski definition) is 4. The number of benzene rings is 2. The fraction of sp³-hybridized carbons (Fsp3) is 0.227. The summed E-state index contributed by atoms with van der Waals surface area (Å²) >= 11 is 0. The van der Waals surface area contributed by atoms with Gasteiger partial charge in [-0.15, -0.1) is 0 Å². The Morgan fingerprint density at radius 1 is 1.14 bits per heavy atom. The molecular weight excluding hydrogens is 350 g/mol. The normalized spacial score (nSPS) is 16.6. The van der Waals surface area contributed by atoms with E-state index in [4.69, 9.17) is 11.0 Å². The first kappa shape index (κ1) is 18.0. The quantitative estimate of drug-likeness (QED) is 0.767. The first-order chi connectivity index (χ1) is 13.7. The van der Waals surface area contributed by atoms with Crippen LogP contribution >= 0.6 is 0 Å². The predicted molar refractivity (Wildman–Crippen MR) is 107 cm³/mol. The van der Waals surface area contributed by atoms with Crippen molar-refractivity contribution >= 4 is 5.91 Å². The van der Waals surface area contributed by atoms with Crippen molar-refractivity contribution in [3.8, 4) is 23.0 Å². The van der Waals surface area contributed by atoms with Crippen molar-refractivity contribution in [1.29, 1.82) is 5.26 Å². The molecule has 1 atom stereocenters. The first-order valence-electron chi connectivity index (χ1n) is 9.36. The van der Waals surface area contributed by atoms with Gasteiger partial charge in [0.15, 0.2) is 5.69 Å². The van der Waals surface area contributed by atoms with Gasteiger partial charge in [0.05, 0.1) is 23.0 Å². The van der Waals surface area contributed by atoms with Crippen LogP contribution < -0.4 is 5.73 Å². The summed E-state index contributed by atoms with van der Waals surface area (Å²) in [7, 11) is 0. The Morgan fingerprint density at radius 3 is 2.57 bits per heavy atom. The third-order valence-corrected chi connectivity index (χ3v) is 4.98. The minimum absolute atomic E-state index is 0.0203. The van der Waals surface area contributed by atoms with Gasteiger partial charge in [-0.2, -0.15) is 10.4 Å². The van der Waals surface area contributed by atoms with Crippen LogP contribution in [0.3, 0.4) is 0 Å². The third kappa shape index (κ3) is 3.53. The van der Waals surface area contributed by atoms with E-state index >= 15 is 0 Å². The molecule has 0 bridgehead atoms. The summed E-state index contributed by atoms with van der Waals surface area (Å²) in [6.45, 7) is 1.26. The Bertz CT molecular complexity index is 1020. The molecule has 140 valence electrons. The molecule has 1 amide bonds. The lowest BCUT2D eigenvalue weighted by atomic mass is 10.1. The van der Waals surface area contributed by atoms with Crippen LogP contribution in [0.25, 0.3) is 16.9 Å². The molecule has 1 saturated heterocycles. The largest absolute Gasteiger partial charge is 0.336 e. The molecule has 2 aromatic carbocycles. The lowest BCUT2D eigenvalue weighted by Crippen LogP contribution is -2.45. The van der Waals surface area contributed by atoms with Gasteiger partial charge in [0, 0.05) is 24.7 Å². The Hall–Kier alpha value is -3.43. The summed E-state index contributed by atoms with van der Waals surface area (Å²) < 4.78 is 1.78. The average Bonchev–Trinajstić information content (AvgIpc) is 3.19. The van der Waals surface area contributed by atoms with Crippen LogP contribution in [0.2, 0.25) is 0 Å². The molecular formula is C22H21N5O. The number of carbonyl (C=O) groups is 1. The molecule has 28 heavy (non-hydrogen) atoms.